The topological polar surface area (TPSA) is 75.6 Å². The van der Waals surface area contributed by atoms with Crippen LogP contribution in [0, 0.1) is 5.92 Å². The quantitative estimate of drug-likeness (QED) is 0.900. The largest absolute Gasteiger partial charge is 0.478 e. The summed E-state index contributed by atoms with van der Waals surface area (Å²) in [5.41, 5.74) is 1.22. The van der Waals surface area contributed by atoms with Gasteiger partial charge in [-0.3, -0.25) is 4.79 Å². The first-order valence-corrected chi connectivity index (χ1v) is 8.18. The molecule has 1 fully saturated rings. The first-order valence-electron chi connectivity index (χ1n) is 7.36. The maximum Gasteiger partial charge on any atom is 0.339 e. The van der Waals surface area contributed by atoms with E-state index < -0.39 is 5.97 Å². The number of anilines is 1. The van der Waals surface area contributed by atoms with Gasteiger partial charge in [-0.2, -0.15) is 0 Å². The van der Waals surface area contributed by atoms with Crippen LogP contribution in [0.15, 0.2) is 0 Å². The molecule has 1 amide bonds. The molecule has 1 aliphatic carbocycles. The molecule has 2 heterocycles. The minimum absolute atomic E-state index is 0.0937. The molecule has 0 saturated carbocycles. The molecular formula is C15H19NO4S. The molecule has 6 heteroatoms. The number of hydrogen-bond donors (Lipinski definition) is 2. The monoisotopic (exact) mass is 309 g/mol. The lowest BCUT2D eigenvalue weighted by Crippen LogP contribution is -2.23. The van der Waals surface area contributed by atoms with E-state index in [0.29, 0.717) is 23.6 Å². The fourth-order valence-electron chi connectivity index (χ4n) is 3.09. The van der Waals surface area contributed by atoms with Gasteiger partial charge in [0, 0.05) is 4.88 Å². The Morgan fingerprint density at radius 2 is 2.10 bits per heavy atom. The van der Waals surface area contributed by atoms with E-state index in [9.17, 15) is 14.7 Å². The Kier molecular flexibility index (Phi) is 3.99. The van der Waals surface area contributed by atoms with Crippen LogP contribution in [0.3, 0.4) is 0 Å². The van der Waals surface area contributed by atoms with Crippen molar-refractivity contribution in [3.8, 4) is 0 Å². The predicted molar refractivity (Wildman–Crippen MR) is 80.1 cm³/mol. The summed E-state index contributed by atoms with van der Waals surface area (Å²) in [6.07, 6.45) is 4.61. The lowest BCUT2D eigenvalue weighted by atomic mass is 9.95. The lowest BCUT2D eigenvalue weighted by Gasteiger charge is -2.11. The molecule has 2 N–H and O–H groups in total. The van der Waals surface area contributed by atoms with Crippen LogP contribution >= 0.6 is 11.3 Å². The summed E-state index contributed by atoms with van der Waals surface area (Å²) in [5, 5.41) is 12.8. The highest BCUT2D eigenvalue weighted by molar-refractivity contribution is 7.17. The van der Waals surface area contributed by atoms with Crippen LogP contribution in [0.2, 0.25) is 0 Å². The molecule has 1 saturated heterocycles. The molecule has 0 aromatic carbocycles. The van der Waals surface area contributed by atoms with Crippen molar-refractivity contribution in [3.05, 3.63) is 16.0 Å². The van der Waals surface area contributed by atoms with Crippen molar-refractivity contribution in [3.63, 3.8) is 0 Å². The number of fused-ring (bicyclic) bond motifs is 1. The second-order valence-corrected chi connectivity index (χ2v) is 6.89. The van der Waals surface area contributed by atoms with Crippen molar-refractivity contribution in [2.24, 2.45) is 5.92 Å². The van der Waals surface area contributed by atoms with Gasteiger partial charge in [-0.25, -0.2) is 4.79 Å². The number of ether oxygens (including phenoxy) is 1. The number of rotatable bonds is 3. The summed E-state index contributed by atoms with van der Waals surface area (Å²) in [6.45, 7) is 2.36. The normalized spacial score (nSPS) is 24.6. The minimum Gasteiger partial charge on any atom is -0.478 e. The van der Waals surface area contributed by atoms with Crippen molar-refractivity contribution in [1.82, 2.24) is 0 Å². The number of aromatic carboxylic acids is 1. The summed E-state index contributed by atoms with van der Waals surface area (Å²) in [4.78, 5) is 24.9. The smallest absolute Gasteiger partial charge is 0.339 e. The van der Waals surface area contributed by atoms with Crippen LogP contribution in [0.5, 0.6) is 0 Å². The van der Waals surface area contributed by atoms with E-state index in [1.54, 1.807) is 0 Å². The molecule has 0 radical (unpaired) electrons. The highest BCUT2D eigenvalue weighted by Gasteiger charge is 2.31. The highest BCUT2D eigenvalue weighted by Crippen LogP contribution is 2.38. The summed E-state index contributed by atoms with van der Waals surface area (Å²) in [5.74, 6) is -1.25. The zero-order valence-corrected chi connectivity index (χ0v) is 12.8. The molecule has 2 unspecified atom stereocenters. The third-order valence-electron chi connectivity index (χ3n) is 4.19. The van der Waals surface area contributed by atoms with Crippen molar-refractivity contribution in [1.29, 1.82) is 0 Å². The summed E-state index contributed by atoms with van der Waals surface area (Å²) in [7, 11) is 0. The fourth-order valence-corrected chi connectivity index (χ4v) is 4.38. The van der Waals surface area contributed by atoms with Crippen molar-refractivity contribution >= 4 is 28.2 Å². The Bertz CT molecular complexity index is 580. The molecule has 0 spiro atoms. The molecule has 114 valence electrons. The third kappa shape index (κ3) is 2.82. The third-order valence-corrected chi connectivity index (χ3v) is 5.40. The van der Waals surface area contributed by atoms with Crippen LogP contribution in [0.1, 0.15) is 47.0 Å². The SMILES string of the molecule is CC1CC(C(=O)Nc2sc3c(c2C(=O)O)CCCC3)CO1. The van der Waals surface area contributed by atoms with E-state index in [1.807, 2.05) is 6.92 Å². The van der Waals surface area contributed by atoms with Crippen LogP contribution in [-0.4, -0.2) is 29.7 Å². The van der Waals surface area contributed by atoms with E-state index >= 15 is 0 Å². The van der Waals surface area contributed by atoms with Gasteiger partial charge < -0.3 is 15.2 Å². The Morgan fingerprint density at radius 1 is 1.33 bits per heavy atom. The Hall–Kier alpha value is -1.40. The number of carboxylic acids is 1. The van der Waals surface area contributed by atoms with Gasteiger partial charge in [-0.1, -0.05) is 0 Å². The standard InChI is InChI=1S/C15H19NO4S/c1-8-6-9(7-20-8)13(17)16-14-12(15(18)19)10-4-2-3-5-11(10)21-14/h8-9H,2-7H2,1H3,(H,16,17)(H,18,19). The number of carbonyl (C=O) groups is 2. The maximum absolute atomic E-state index is 12.3. The number of nitrogens with one attached hydrogen (secondary N) is 1. The van der Waals surface area contributed by atoms with Crippen molar-refractivity contribution in [2.75, 3.05) is 11.9 Å². The number of hydrogen-bond acceptors (Lipinski definition) is 4. The lowest BCUT2D eigenvalue weighted by molar-refractivity contribution is -0.119. The van der Waals surface area contributed by atoms with Crippen molar-refractivity contribution < 1.29 is 19.4 Å². The Labute approximate surface area is 127 Å². The van der Waals surface area contributed by atoms with E-state index in [-0.39, 0.29) is 17.9 Å². The molecule has 2 atom stereocenters. The number of carbonyl (C=O) groups excluding carboxylic acids is 1. The van der Waals surface area contributed by atoms with E-state index in [0.717, 1.165) is 36.1 Å². The van der Waals surface area contributed by atoms with Crippen LogP contribution in [0.25, 0.3) is 0 Å². The zero-order chi connectivity index (χ0) is 15.0. The molecule has 1 aromatic rings. The molecule has 0 bridgehead atoms. The summed E-state index contributed by atoms with van der Waals surface area (Å²) < 4.78 is 5.41. The first kappa shape index (κ1) is 14.5. The fraction of sp³-hybridized carbons (Fsp3) is 0.600. The van der Waals surface area contributed by atoms with E-state index in [2.05, 4.69) is 5.32 Å². The van der Waals surface area contributed by atoms with Gasteiger partial charge in [0.25, 0.3) is 0 Å². The van der Waals surface area contributed by atoms with E-state index in [1.165, 1.54) is 11.3 Å². The number of amides is 1. The summed E-state index contributed by atoms with van der Waals surface area (Å²) in [6, 6.07) is 0. The Morgan fingerprint density at radius 3 is 2.76 bits per heavy atom. The highest BCUT2D eigenvalue weighted by atomic mass is 32.1. The minimum atomic E-state index is -0.944. The zero-order valence-electron chi connectivity index (χ0n) is 12.0. The first-order chi connectivity index (χ1) is 10.1. The number of aryl methyl sites for hydroxylation is 1. The van der Waals surface area contributed by atoms with Gasteiger partial charge in [-0.05, 0) is 44.6 Å². The molecule has 1 aliphatic heterocycles. The van der Waals surface area contributed by atoms with Gasteiger partial charge >= 0.3 is 5.97 Å². The molecule has 1 aromatic heterocycles. The van der Waals surface area contributed by atoms with Gasteiger partial charge in [0.2, 0.25) is 5.91 Å². The number of thiophene rings is 1. The molecule has 21 heavy (non-hydrogen) atoms. The second kappa shape index (κ2) is 5.77. The molecule has 3 rings (SSSR count). The van der Waals surface area contributed by atoms with Gasteiger partial charge in [0.1, 0.15) is 5.00 Å². The van der Waals surface area contributed by atoms with Crippen LogP contribution < -0.4 is 5.32 Å². The van der Waals surface area contributed by atoms with Gasteiger partial charge in [0.05, 0.1) is 24.2 Å². The summed E-state index contributed by atoms with van der Waals surface area (Å²) >= 11 is 1.42. The van der Waals surface area contributed by atoms with Crippen LogP contribution in [-0.2, 0) is 22.4 Å². The van der Waals surface area contributed by atoms with Crippen molar-refractivity contribution in [2.45, 2.75) is 45.1 Å². The molecular weight excluding hydrogens is 290 g/mol. The van der Waals surface area contributed by atoms with E-state index in [4.69, 9.17) is 4.74 Å². The van der Waals surface area contributed by atoms with Crippen LogP contribution in [0.4, 0.5) is 5.00 Å². The molecule has 5 nitrogen and oxygen atoms in total. The average molecular weight is 309 g/mol. The van der Waals surface area contributed by atoms with Gasteiger partial charge in [0.15, 0.2) is 0 Å². The predicted octanol–water partition coefficient (Wildman–Crippen LogP) is 2.69. The maximum atomic E-state index is 12.3. The second-order valence-electron chi connectivity index (χ2n) is 5.79. The number of carboxylic acid groups (broad SMARTS) is 1. The Balaban J connectivity index is 1.83. The molecule has 2 aliphatic rings. The van der Waals surface area contributed by atoms with Gasteiger partial charge in [-0.15, -0.1) is 11.3 Å². The average Bonchev–Trinajstić information content (AvgIpc) is 3.01.